The first-order valence-electron chi connectivity index (χ1n) is 7.23. The molecule has 5 nitrogen and oxygen atoms in total. The topological polar surface area (TPSA) is 97.7 Å². The second kappa shape index (κ2) is 8.36. The molecule has 24 heavy (non-hydrogen) atoms. The molecule has 0 aliphatic heterocycles. The van der Waals surface area contributed by atoms with Crippen molar-refractivity contribution in [3.8, 4) is 11.5 Å². The first-order valence-corrected chi connectivity index (χ1v) is 8.81. The Bertz CT molecular complexity index is 709. The summed E-state index contributed by atoms with van der Waals surface area (Å²) in [5.74, 6) is -0.133. The normalized spacial score (nSPS) is 11.8. The molecule has 2 rings (SSSR count). The SMILES string of the molecule is CC(CCCS(=O)(=O)[O-])(c1ccc(O)cc1)c1ccc(O)cc1.[Na+]. The standard InChI is InChI=1S/C17H20O5S.Na/c1-17(11-2-12-23(20,21)22,13-3-7-15(18)8-4-13)14-5-9-16(19)10-6-14;/h3-10,18-19H,2,11-12H2,1H3,(H,20,21,22);/q;+1/p-1. The molecule has 0 aromatic heterocycles. The molecule has 0 saturated heterocycles. The first kappa shape index (κ1) is 21.0. The van der Waals surface area contributed by atoms with E-state index in [4.69, 9.17) is 0 Å². The molecule has 2 aromatic rings. The van der Waals surface area contributed by atoms with Crippen molar-refractivity contribution in [2.45, 2.75) is 25.2 Å². The number of rotatable bonds is 6. The fraction of sp³-hybridized carbons (Fsp3) is 0.294. The average molecular weight is 358 g/mol. The van der Waals surface area contributed by atoms with Gasteiger partial charge in [-0.15, -0.1) is 0 Å². The summed E-state index contributed by atoms with van der Waals surface area (Å²) in [7, 11) is -4.25. The van der Waals surface area contributed by atoms with E-state index in [2.05, 4.69) is 0 Å². The van der Waals surface area contributed by atoms with Crippen molar-refractivity contribution in [1.29, 1.82) is 0 Å². The molecule has 2 aromatic carbocycles. The molecule has 0 aliphatic rings. The van der Waals surface area contributed by atoms with Gasteiger partial charge in [0.15, 0.2) is 0 Å². The summed E-state index contributed by atoms with van der Waals surface area (Å²) in [6.07, 6.45) is 0.675. The molecule has 0 bridgehead atoms. The van der Waals surface area contributed by atoms with Gasteiger partial charge in [0.1, 0.15) is 11.5 Å². The maximum absolute atomic E-state index is 10.9. The van der Waals surface area contributed by atoms with Crippen molar-refractivity contribution in [2.75, 3.05) is 5.75 Å². The summed E-state index contributed by atoms with van der Waals surface area (Å²) in [6.45, 7) is 1.95. The van der Waals surface area contributed by atoms with E-state index < -0.39 is 21.3 Å². The van der Waals surface area contributed by atoms with Gasteiger partial charge in [-0.2, -0.15) is 0 Å². The summed E-state index contributed by atoms with van der Waals surface area (Å²) in [5.41, 5.74) is 1.25. The maximum Gasteiger partial charge on any atom is 1.00 e. The predicted molar refractivity (Wildman–Crippen MR) is 86.5 cm³/mol. The largest absolute Gasteiger partial charge is 1.00 e. The fourth-order valence-corrected chi connectivity index (χ4v) is 3.21. The quantitative estimate of drug-likeness (QED) is 0.547. The van der Waals surface area contributed by atoms with Gasteiger partial charge in [-0.25, -0.2) is 8.42 Å². The Morgan fingerprint density at radius 3 is 1.62 bits per heavy atom. The van der Waals surface area contributed by atoms with Gasteiger partial charge in [0.05, 0.1) is 10.1 Å². The van der Waals surface area contributed by atoms with Gasteiger partial charge in [0, 0.05) is 11.2 Å². The van der Waals surface area contributed by atoms with Crippen molar-refractivity contribution >= 4 is 10.1 Å². The third kappa shape index (κ3) is 5.50. The molecule has 0 atom stereocenters. The van der Waals surface area contributed by atoms with Crippen molar-refractivity contribution in [2.24, 2.45) is 0 Å². The Kier molecular flexibility index (Phi) is 7.31. The minimum absolute atomic E-state index is 0. The van der Waals surface area contributed by atoms with Crippen LogP contribution in [0.4, 0.5) is 0 Å². The van der Waals surface area contributed by atoms with Crippen LogP contribution in [-0.2, 0) is 15.5 Å². The molecule has 124 valence electrons. The monoisotopic (exact) mass is 358 g/mol. The van der Waals surface area contributed by atoms with Gasteiger partial charge in [-0.3, -0.25) is 0 Å². The number of phenols is 2. The molecule has 0 unspecified atom stereocenters. The van der Waals surface area contributed by atoms with Crippen LogP contribution in [0.25, 0.3) is 0 Å². The Labute approximate surface area is 164 Å². The molecule has 0 radical (unpaired) electrons. The third-order valence-corrected chi connectivity index (χ3v) is 4.87. The molecule has 0 saturated carbocycles. The van der Waals surface area contributed by atoms with E-state index in [1.54, 1.807) is 48.5 Å². The average Bonchev–Trinajstić information content (AvgIpc) is 2.47. The zero-order chi connectivity index (χ0) is 17.1. The molecule has 0 fully saturated rings. The van der Waals surface area contributed by atoms with Crippen molar-refractivity contribution in [3.05, 3.63) is 59.7 Å². The Balaban J connectivity index is 0.00000288. The smallest absolute Gasteiger partial charge is 0.748 e. The van der Waals surface area contributed by atoms with Crippen LogP contribution in [0, 0.1) is 0 Å². The second-order valence-electron chi connectivity index (χ2n) is 5.79. The van der Waals surface area contributed by atoms with E-state index >= 15 is 0 Å². The van der Waals surface area contributed by atoms with Gasteiger partial charge in [-0.05, 0) is 48.2 Å². The van der Waals surface area contributed by atoms with Gasteiger partial charge >= 0.3 is 29.6 Å². The summed E-state index contributed by atoms with van der Waals surface area (Å²) >= 11 is 0. The number of phenolic OH excluding ortho intramolecular Hbond substituents is 2. The van der Waals surface area contributed by atoms with Crippen LogP contribution in [0.1, 0.15) is 30.9 Å². The van der Waals surface area contributed by atoms with Crippen molar-refractivity contribution in [1.82, 2.24) is 0 Å². The van der Waals surface area contributed by atoms with Crippen LogP contribution in [0.5, 0.6) is 11.5 Å². The number of benzene rings is 2. The second-order valence-corrected chi connectivity index (χ2v) is 7.31. The van der Waals surface area contributed by atoms with Gasteiger partial charge < -0.3 is 14.8 Å². The van der Waals surface area contributed by atoms with Gasteiger partial charge in [0.25, 0.3) is 0 Å². The van der Waals surface area contributed by atoms with E-state index in [9.17, 15) is 23.2 Å². The number of hydrogen-bond donors (Lipinski definition) is 2. The molecule has 0 heterocycles. The van der Waals surface area contributed by atoms with Crippen LogP contribution in [0.15, 0.2) is 48.5 Å². The van der Waals surface area contributed by atoms with E-state index in [-0.39, 0.29) is 47.5 Å². The zero-order valence-corrected chi connectivity index (χ0v) is 16.6. The van der Waals surface area contributed by atoms with Crippen LogP contribution in [0.3, 0.4) is 0 Å². The Hall–Kier alpha value is -1.05. The van der Waals surface area contributed by atoms with Gasteiger partial charge in [-0.1, -0.05) is 31.2 Å². The van der Waals surface area contributed by atoms with E-state index in [1.807, 2.05) is 6.92 Å². The van der Waals surface area contributed by atoms with Crippen LogP contribution in [-0.4, -0.2) is 28.9 Å². The van der Waals surface area contributed by atoms with Crippen molar-refractivity contribution in [3.63, 3.8) is 0 Å². The minimum Gasteiger partial charge on any atom is -0.748 e. The first-order chi connectivity index (χ1) is 10.7. The Morgan fingerprint density at radius 1 is 0.917 bits per heavy atom. The molecule has 2 N–H and O–H groups in total. The molecular formula is C17H19NaO5S. The van der Waals surface area contributed by atoms with Crippen LogP contribution in [0.2, 0.25) is 0 Å². The van der Waals surface area contributed by atoms with Crippen LogP contribution >= 0.6 is 0 Å². The van der Waals surface area contributed by atoms with Crippen LogP contribution < -0.4 is 29.6 Å². The summed E-state index contributed by atoms with van der Waals surface area (Å²) in [6, 6.07) is 13.4. The number of hydrogen-bond acceptors (Lipinski definition) is 5. The van der Waals surface area contributed by atoms with Gasteiger partial charge in [0.2, 0.25) is 0 Å². The maximum atomic E-state index is 10.9. The Morgan fingerprint density at radius 2 is 1.29 bits per heavy atom. The molecule has 0 amide bonds. The molecule has 0 spiro atoms. The van der Waals surface area contributed by atoms with Crippen molar-refractivity contribution < 1.29 is 52.7 Å². The van der Waals surface area contributed by atoms with E-state index in [0.29, 0.717) is 6.42 Å². The van der Waals surface area contributed by atoms with E-state index in [0.717, 1.165) is 11.1 Å². The fourth-order valence-electron chi connectivity index (χ4n) is 2.72. The third-order valence-electron chi connectivity index (χ3n) is 4.08. The zero-order valence-electron chi connectivity index (χ0n) is 13.8. The van der Waals surface area contributed by atoms with E-state index in [1.165, 1.54) is 0 Å². The summed E-state index contributed by atoms with van der Waals surface area (Å²) in [4.78, 5) is 0. The summed E-state index contributed by atoms with van der Waals surface area (Å²) < 4.78 is 32.6. The minimum atomic E-state index is -4.25. The number of aromatic hydroxyl groups is 2. The predicted octanol–water partition coefficient (Wildman–Crippen LogP) is -0.267. The summed E-state index contributed by atoms with van der Waals surface area (Å²) in [5, 5.41) is 18.9. The molecular weight excluding hydrogens is 339 g/mol. The molecule has 0 aliphatic carbocycles. The molecule has 7 heteroatoms.